The van der Waals surface area contributed by atoms with Crippen LogP contribution in [-0.2, 0) is 4.79 Å². The molecule has 2 atom stereocenters. The van der Waals surface area contributed by atoms with Crippen molar-refractivity contribution in [3.8, 4) is 0 Å². The second-order valence-corrected chi connectivity index (χ2v) is 5.59. The fraction of sp³-hybridized carbons (Fsp3) is 0.933. The van der Waals surface area contributed by atoms with E-state index in [9.17, 15) is 9.90 Å². The smallest absolute Gasteiger partial charge is 0.239 e. The third-order valence-corrected chi connectivity index (χ3v) is 3.78. The normalized spacial score (nSPS) is 22.7. The van der Waals surface area contributed by atoms with Gasteiger partial charge in [0.25, 0.3) is 0 Å². The van der Waals surface area contributed by atoms with Gasteiger partial charge in [-0.2, -0.15) is 0 Å². The first-order valence-corrected chi connectivity index (χ1v) is 7.89. The van der Waals surface area contributed by atoms with Crippen molar-refractivity contribution in [2.75, 3.05) is 19.6 Å². The average molecular weight is 270 g/mol. The maximum Gasteiger partial charge on any atom is 0.239 e. The van der Waals surface area contributed by atoms with E-state index in [4.69, 9.17) is 0 Å². The van der Waals surface area contributed by atoms with E-state index in [2.05, 4.69) is 19.2 Å². The summed E-state index contributed by atoms with van der Waals surface area (Å²) in [7, 11) is 0. The fourth-order valence-electron chi connectivity index (χ4n) is 2.56. The van der Waals surface area contributed by atoms with Crippen LogP contribution in [0, 0.1) is 0 Å². The van der Waals surface area contributed by atoms with Gasteiger partial charge in [-0.1, -0.05) is 39.5 Å². The lowest BCUT2D eigenvalue weighted by atomic mass is 10.1. The molecule has 4 heteroatoms. The summed E-state index contributed by atoms with van der Waals surface area (Å²) in [4.78, 5) is 14.4. The molecule has 0 saturated carbocycles. The van der Waals surface area contributed by atoms with E-state index in [1.54, 1.807) is 0 Å². The highest BCUT2D eigenvalue weighted by atomic mass is 16.3. The maximum atomic E-state index is 12.4. The Bertz CT molecular complexity index is 249. The van der Waals surface area contributed by atoms with Crippen LogP contribution in [0.2, 0.25) is 0 Å². The zero-order chi connectivity index (χ0) is 14.1. The molecular weight excluding hydrogens is 240 g/mol. The first-order valence-electron chi connectivity index (χ1n) is 7.89. The topological polar surface area (TPSA) is 52.6 Å². The second-order valence-electron chi connectivity index (χ2n) is 5.59. The third kappa shape index (κ3) is 5.91. The maximum absolute atomic E-state index is 12.4. The Morgan fingerprint density at radius 1 is 1.16 bits per heavy atom. The second kappa shape index (κ2) is 9.32. The molecule has 112 valence electrons. The van der Waals surface area contributed by atoms with Crippen LogP contribution in [-0.4, -0.2) is 47.7 Å². The summed E-state index contributed by atoms with van der Waals surface area (Å²) in [6.07, 6.45) is 7.09. The highest BCUT2D eigenvalue weighted by molar-refractivity contribution is 5.82. The van der Waals surface area contributed by atoms with Gasteiger partial charge in [0.05, 0.1) is 12.1 Å². The molecule has 0 aliphatic carbocycles. The van der Waals surface area contributed by atoms with Gasteiger partial charge in [-0.3, -0.25) is 4.79 Å². The lowest BCUT2D eigenvalue weighted by molar-refractivity contribution is -0.133. The predicted molar refractivity (Wildman–Crippen MR) is 78.0 cm³/mol. The summed E-state index contributed by atoms with van der Waals surface area (Å²) in [6, 6.07) is -0.168. The Morgan fingerprint density at radius 3 is 2.16 bits per heavy atom. The monoisotopic (exact) mass is 270 g/mol. The number of carbonyl (C=O) groups is 1. The van der Waals surface area contributed by atoms with Crippen molar-refractivity contribution in [3.05, 3.63) is 0 Å². The van der Waals surface area contributed by atoms with Crippen LogP contribution in [0.25, 0.3) is 0 Å². The van der Waals surface area contributed by atoms with Crippen molar-refractivity contribution in [2.45, 2.75) is 70.9 Å². The molecule has 2 N–H and O–H groups in total. The van der Waals surface area contributed by atoms with Gasteiger partial charge in [0, 0.05) is 19.6 Å². The molecule has 1 saturated heterocycles. The molecule has 0 bridgehead atoms. The van der Waals surface area contributed by atoms with Crippen LogP contribution >= 0.6 is 0 Å². The van der Waals surface area contributed by atoms with E-state index in [0.717, 1.165) is 25.9 Å². The molecule has 4 nitrogen and oxygen atoms in total. The number of nitrogens with zero attached hydrogens (tertiary/aromatic N) is 1. The largest absolute Gasteiger partial charge is 0.392 e. The minimum absolute atomic E-state index is 0.168. The standard InChI is InChI=1S/C15H30N2O2/c1-3-5-7-9-17(10-8-6-4-2)15(19)14-11-13(18)12-16-14/h13-14,16,18H,3-12H2,1-2H3/t13?,14-/m0/s1. The van der Waals surface area contributed by atoms with Crippen LogP contribution in [0.3, 0.4) is 0 Å². The van der Waals surface area contributed by atoms with Crippen LogP contribution < -0.4 is 5.32 Å². The number of unbranched alkanes of at least 4 members (excludes halogenated alkanes) is 4. The lowest BCUT2D eigenvalue weighted by Gasteiger charge is -2.25. The Hall–Kier alpha value is -0.610. The van der Waals surface area contributed by atoms with Crippen LogP contribution in [0.5, 0.6) is 0 Å². The van der Waals surface area contributed by atoms with Crippen LogP contribution in [0.1, 0.15) is 58.8 Å². The quantitative estimate of drug-likeness (QED) is 0.629. The molecule has 1 heterocycles. The SMILES string of the molecule is CCCCCN(CCCCC)C(=O)[C@@H]1CC(O)CN1. The van der Waals surface area contributed by atoms with Crippen molar-refractivity contribution in [3.63, 3.8) is 0 Å². The first kappa shape index (κ1) is 16.4. The average Bonchev–Trinajstić information content (AvgIpc) is 2.83. The van der Waals surface area contributed by atoms with Crippen molar-refractivity contribution in [2.24, 2.45) is 0 Å². The molecule has 0 aromatic heterocycles. The summed E-state index contributed by atoms with van der Waals surface area (Å²) in [5, 5.41) is 12.7. The molecule has 1 rings (SSSR count). The van der Waals surface area contributed by atoms with Gasteiger partial charge in [0.1, 0.15) is 0 Å². The highest BCUT2D eigenvalue weighted by Gasteiger charge is 2.30. The van der Waals surface area contributed by atoms with Gasteiger partial charge in [0.2, 0.25) is 5.91 Å². The number of aliphatic hydroxyl groups is 1. The zero-order valence-electron chi connectivity index (χ0n) is 12.5. The van der Waals surface area contributed by atoms with Crippen LogP contribution in [0.15, 0.2) is 0 Å². The van der Waals surface area contributed by atoms with Gasteiger partial charge in [-0.15, -0.1) is 0 Å². The van der Waals surface area contributed by atoms with Gasteiger partial charge in [-0.05, 0) is 19.3 Å². The minimum Gasteiger partial charge on any atom is -0.392 e. The number of hydrogen-bond acceptors (Lipinski definition) is 3. The lowest BCUT2D eigenvalue weighted by Crippen LogP contribution is -2.44. The van der Waals surface area contributed by atoms with Crippen LogP contribution in [0.4, 0.5) is 0 Å². The number of β-amino-alcohol motifs (C(OH)–C–C–N with tert-alkyl or cyclic N) is 1. The van der Waals surface area contributed by atoms with E-state index >= 15 is 0 Å². The predicted octanol–water partition coefficient (Wildman–Crippen LogP) is 1.92. The van der Waals surface area contributed by atoms with E-state index in [-0.39, 0.29) is 18.1 Å². The first-order chi connectivity index (χ1) is 9.19. The van der Waals surface area contributed by atoms with Crippen molar-refractivity contribution >= 4 is 5.91 Å². The number of carbonyl (C=O) groups excluding carboxylic acids is 1. The number of hydrogen-bond donors (Lipinski definition) is 2. The van der Waals surface area contributed by atoms with Crippen molar-refractivity contribution in [1.82, 2.24) is 10.2 Å². The molecule has 19 heavy (non-hydrogen) atoms. The Balaban J connectivity index is 2.42. The zero-order valence-corrected chi connectivity index (χ0v) is 12.5. The summed E-state index contributed by atoms with van der Waals surface area (Å²) >= 11 is 0. The number of nitrogens with one attached hydrogen (secondary N) is 1. The molecule has 0 spiro atoms. The molecule has 0 aromatic rings. The number of aliphatic hydroxyl groups excluding tert-OH is 1. The van der Waals surface area contributed by atoms with Gasteiger partial charge < -0.3 is 15.3 Å². The van der Waals surface area contributed by atoms with E-state index in [1.807, 2.05) is 4.90 Å². The van der Waals surface area contributed by atoms with Gasteiger partial charge in [-0.25, -0.2) is 0 Å². The Kier molecular flexibility index (Phi) is 8.07. The molecule has 1 aliphatic heterocycles. The molecule has 0 aromatic carbocycles. The minimum atomic E-state index is -0.359. The Labute approximate surface area is 117 Å². The summed E-state index contributed by atoms with van der Waals surface area (Å²) in [5.41, 5.74) is 0. The van der Waals surface area contributed by atoms with E-state index in [1.165, 1.54) is 25.7 Å². The molecule has 1 amide bonds. The van der Waals surface area contributed by atoms with E-state index in [0.29, 0.717) is 13.0 Å². The summed E-state index contributed by atoms with van der Waals surface area (Å²) < 4.78 is 0. The summed E-state index contributed by atoms with van der Waals surface area (Å²) in [6.45, 7) is 6.64. The molecule has 0 radical (unpaired) electrons. The summed E-state index contributed by atoms with van der Waals surface area (Å²) in [5.74, 6) is 0.184. The molecule has 1 fully saturated rings. The Morgan fingerprint density at radius 2 is 1.74 bits per heavy atom. The fourth-order valence-corrected chi connectivity index (χ4v) is 2.56. The number of rotatable bonds is 9. The number of amides is 1. The van der Waals surface area contributed by atoms with Gasteiger partial charge >= 0.3 is 0 Å². The molecular formula is C15H30N2O2. The van der Waals surface area contributed by atoms with Crippen molar-refractivity contribution < 1.29 is 9.90 Å². The third-order valence-electron chi connectivity index (χ3n) is 3.78. The molecule has 1 unspecified atom stereocenters. The highest BCUT2D eigenvalue weighted by Crippen LogP contribution is 2.12. The van der Waals surface area contributed by atoms with Crippen molar-refractivity contribution in [1.29, 1.82) is 0 Å². The molecule has 1 aliphatic rings. The van der Waals surface area contributed by atoms with Gasteiger partial charge in [0.15, 0.2) is 0 Å². The van der Waals surface area contributed by atoms with E-state index < -0.39 is 0 Å².